The molecule has 0 saturated carbocycles. The number of aromatic nitrogens is 3. The third-order valence-electron chi connectivity index (χ3n) is 3.47. The van der Waals surface area contributed by atoms with Crippen LogP contribution in [0.5, 0.6) is 11.6 Å². The van der Waals surface area contributed by atoms with E-state index in [-0.39, 0.29) is 0 Å². The van der Waals surface area contributed by atoms with Gasteiger partial charge in [0.1, 0.15) is 17.8 Å². The van der Waals surface area contributed by atoms with Gasteiger partial charge >= 0.3 is 0 Å². The van der Waals surface area contributed by atoms with Crippen LogP contribution >= 0.6 is 0 Å². The van der Waals surface area contributed by atoms with Crippen molar-refractivity contribution < 1.29 is 4.74 Å². The molecule has 3 aromatic rings. The fraction of sp³-hybridized carbons (Fsp3) is 0.118. The largest absolute Gasteiger partial charge is 0.435 e. The van der Waals surface area contributed by atoms with Gasteiger partial charge in [0.2, 0.25) is 5.88 Å². The molecule has 0 amide bonds. The first-order chi connectivity index (χ1) is 11.1. The normalized spacial score (nSPS) is 10.3. The number of anilines is 3. The molecule has 0 radical (unpaired) electrons. The van der Waals surface area contributed by atoms with E-state index in [2.05, 4.69) is 34.1 Å². The van der Waals surface area contributed by atoms with Gasteiger partial charge in [-0.15, -0.1) is 0 Å². The van der Waals surface area contributed by atoms with Crippen LogP contribution in [-0.4, -0.2) is 15.0 Å². The summed E-state index contributed by atoms with van der Waals surface area (Å²) in [5.74, 6) is 1.36. The SMILES string of the molecule is Cc1ccc(Nc2ncnc(Oc3cccnc3)c2N)cc1C. The van der Waals surface area contributed by atoms with Crippen molar-refractivity contribution in [3.05, 3.63) is 60.2 Å². The minimum atomic E-state index is 0.291. The zero-order valence-electron chi connectivity index (χ0n) is 12.9. The molecule has 2 aromatic heterocycles. The van der Waals surface area contributed by atoms with Gasteiger partial charge in [-0.1, -0.05) is 6.07 Å². The topological polar surface area (TPSA) is 86.0 Å². The first-order valence-electron chi connectivity index (χ1n) is 7.16. The Morgan fingerprint density at radius 3 is 2.70 bits per heavy atom. The molecule has 0 fully saturated rings. The second kappa shape index (κ2) is 6.31. The highest BCUT2D eigenvalue weighted by atomic mass is 16.5. The summed E-state index contributed by atoms with van der Waals surface area (Å²) < 4.78 is 5.65. The second-order valence-corrected chi connectivity index (χ2v) is 5.16. The summed E-state index contributed by atoms with van der Waals surface area (Å²) in [6.07, 6.45) is 4.67. The second-order valence-electron chi connectivity index (χ2n) is 5.16. The molecule has 6 heteroatoms. The third kappa shape index (κ3) is 3.37. The fourth-order valence-corrected chi connectivity index (χ4v) is 2.04. The van der Waals surface area contributed by atoms with Crippen LogP contribution in [-0.2, 0) is 0 Å². The minimum Gasteiger partial charge on any atom is -0.435 e. The minimum absolute atomic E-state index is 0.291. The molecule has 3 rings (SSSR count). The van der Waals surface area contributed by atoms with Crippen molar-refractivity contribution in [1.82, 2.24) is 15.0 Å². The van der Waals surface area contributed by atoms with Crippen molar-refractivity contribution in [3.63, 3.8) is 0 Å². The summed E-state index contributed by atoms with van der Waals surface area (Å²) in [7, 11) is 0. The molecule has 0 aliphatic carbocycles. The smallest absolute Gasteiger partial charge is 0.248 e. The van der Waals surface area contributed by atoms with Crippen LogP contribution in [0.3, 0.4) is 0 Å². The Hall–Kier alpha value is -3.15. The van der Waals surface area contributed by atoms with Crippen molar-refractivity contribution in [2.24, 2.45) is 0 Å². The van der Waals surface area contributed by atoms with E-state index < -0.39 is 0 Å². The van der Waals surface area contributed by atoms with Crippen molar-refractivity contribution in [2.75, 3.05) is 11.1 Å². The molecule has 0 aliphatic rings. The third-order valence-corrected chi connectivity index (χ3v) is 3.47. The summed E-state index contributed by atoms with van der Waals surface area (Å²) in [6, 6.07) is 9.62. The first-order valence-corrected chi connectivity index (χ1v) is 7.16. The quantitative estimate of drug-likeness (QED) is 0.766. The highest BCUT2D eigenvalue weighted by Crippen LogP contribution is 2.30. The van der Waals surface area contributed by atoms with Crippen LogP contribution in [0.1, 0.15) is 11.1 Å². The summed E-state index contributed by atoms with van der Waals surface area (Å²) >= 11 is 0. The fourth-order valence-electron chi connectivity index (χ4n) is 2.04. The Morgan fingerprint density at radius 1 is 1.09 bits per heavy atom. The summed E-state index contributed by atoms with van der Waals surface area (Å²) in [6.45, 7) is 4.12. The summed E-state index contributed by atoms with van der Waals surface area (Å²) in [5.41, 5.74) is 9.78. The number of benzene rings is 1. The number of aryl methyl sites for hydroxylation is 2. The van der Waals surface area contributed by atoms with Gasteiger partial charge < -0.3 is 15.8 Å². The van der Waals surface area contributed by atoms with Crippen molar-refractivity contribution in [3.8, 4) is 11.6 Å². The molecule has 6 nitrogen and oxygen atoms in total. The molecule has 2 heterocycles. The number of rotatable bonds is 4. The van der Waals surface area contributed by atoms with Crippen LogP contribution in [0, 0.1) is 13.8 Å². The average Bonchev–Trinajstić information content (AvgIpc) is 2.56. The standard InChI is InChI=1S/C17H17N5O/c1-11-5-6-13(8-12(11)2)22-16-15(18)17(21-10-20-16)23-14-4-3-7-19-9-14/h3-10H,18H2,1-2H3,(H,20,21,22). The van der Waals surface area contributed by atoms with E-state index in [1.54, 1.807) is 24.5 Å². The predicted octanol–water partition coefficient (Wildman–Crippen LogP) is 3.61. The Bertz CT molecular complexity index is 820. The van der Waals surface area contributed by atoms with Crippen LogP contribution < -0.4 is 15.8 Å². The molecule has 0 atom stereocenters. The van der Waals surface area contributed by atoms with Gasteiger partial charge in [-0.25, -0.2) is 4.98 Å². The number of hydrogen-bond acceptors (Lipinski definition) is 6. The molecule has 3 N–H and O–H groups in total. The molecule has 1 aromatic carbocycles. The molecule has 0 unspecified atom stereocenters. The van der Waals surface area contributed by atoms with E-state index in [0.29, 0.717) is 23.1 Å². The van der Waals surface area contributed by atoms with Gasteiger partial charge in [0.05, 0.1) is 6.20 Å². The maximum atomic E-state index is 6.11. The number of ether oxygens (including phenoxy) is 1. The highest BCUT2D eigenvalue weighted by molar-refractivity contribution is 5.72. The number of nitrogen functional groups attached to an aromatic ring is 1. The number of nitrogens with zero attached hydrogens (tertiary/aromatic N) is 3. The van der Waals surface area contributed by atoms with Crippen LogP contribution in [0.4, 0.5) is 17.2 Å². The summed E-state index contributed by atoms with van der Waals surface area (Å²) in [4.78, 5) is 12.3. The molecule has 0 aliphatic heterocycles. The monoisotopic (exact) mass is 307 g/mol. The van der Waals surface area contributed by atoms with E-state index in [4.69, 9.17) is 10.5 Å². The zero-order chi connectivity index (χ0) is 16.2. The van der Waals surface area contributed by atoms with Gasteiger partial charge in [-0.2, -0.15) is 4.98 Å². The van der Waals surface area contributed by atoms with E-state index in [1.807, 2.05) is 18.2 Å². The first kappa shape index (κ1) is 14.8. The molecule has 0 bridgehead atoms. The van der Waals surface area contributed by atoms with Crippen LogP contribution in [0.25, 0.3) is 0 Å². The number of nitrogens with one attached hydrogen (secondary N) is 1. The van der Waals surface area contributed by atoms with Crippen LogP contribution in [0.15, 0.2) is 49.1 Å². The lowest BCUT2D eigenvalue weighted by atomic mass is 10.1. The predicted molar refractivity (Wildman–Crippen MR) is 90.0 cm³/mol. The molecular weight excluding hydrogens is 290 g/mol. The van der Waals surface area contributed by atoms with E-state index in [1.165, 1.54) is 17.5 Å². The number of hydrogen-bond donors (Lipinski definition) is 2. The Morgan fingerprint density at radius 2 is 1.96 bits per heavy atom. The van der Waals surface area contributed by atoms with Gasteiger partial charge in [-0.05, 0) is 49.2 Å². The van der Waals surface area contributed by atoms with Crippen LogP contribution in [0.2, 0.25) is 0 Å². The Kier molecular flexibility index (Phi) is 4.05. The van der Waals surface area contributed by atoms with E-state index in [0.717, 1.165) is 5.69 Å². The molecular formula is C17H17N5O. The number of pyridine rings is 1. The lowest BCUT2D eigenvalue weighted by molar-refractivity contribution is 0.462. The molecule has 116 valence electrons. The molecule has 0 spiro atoms. The summed E-state index contributed by atoms with van der Waals surface area (Å²) in [5, 5.41) is 3.19. The van der Waals surface area contributed by atoms with Gasteiger partial charge in [0.15, 0.2) is 5.82 Å². The van der Waals surface area contributed by atoms with Gasteiger partial charge in [0.25, 0.3) is 0 Å². The average molecular weight is 307 g/mol. The Balaban J connectivity index is 1.86. The van der Waals surface area contributed by atoms with Crippen molar-refractivity contribution in [1.29, 1.82) is 0 Å². The zero-order valence-corrected chi connectivity index (χ0v) is 12.9. The molecule has 23 heavy (non-hydrogen) atoms. The van der Waals surface area contributed by atoms with Crippen molar-refractivity contribution >= 4 is 17.2 Å². The van der Waals surface area contributed by atoms with Gasteiger partial charge in [-0.3, -0.25) is 4.98 Å². The lowest BCUT2D eigenvalue weighted by Gasteiger charge is -2.12. The maximum Gasteiger partial charge on any atom is 0.248 e. The van der Waals surface area contributed by atoms with Gasteiger partial charge in [0, 0.05) is 11.9 Å². The van der Waals surface area contributed by atoms with E-state index in [9.17, 15) is 0 Å². The lowest BCUT2D eigenvalue weighted by Crippen LogP contribution is -2.03. The number of nitrogens with two attached hydrogens (primary N) is 1. The van der Waals surface area contributed by atoms with Crippen molar-refractivity contribution in [2.45, 2.75) is 13.8 Å². The highest BCUT2D eigenvalue weighted by Gasteiger charge is 2.11. The molecule has 0 saturated heterocycles. The maximum absolute atomic E-state index is 6.11. The van der Waals surface area contributed by atoms with E-state index >= 15 is 0 Å². The Labute approximate surface area is 134 Å².